The first kappa shape index (κ1) is 15.9. The number of aromatic nitrogens is 2. The zero-order chi connectivity index (χ0) is 16.2. The summed E-state index contributed by atoms with van der Waals surface area (Å²) in [5.74, 6) is 2.92. The highest BCUT2D eigenvalue weighted by Gasteiger charge is 2.21. The van der Waals surface area contributed by atoms with Crippen LogP contribution in [0, 0.1) is 5.92 Å². The summed E-state index contributed by atoms with van der Waals surface area (Å²) in [4.78, 5) is 4.52. The van der Waals surface area contributed by atoms with Gasteiger partial charge < -0.3 is 18.8 Å². The monoisotopic (exact) mass is 316 g/mol. The molecule has 1 aliphatic heterocycles. The topological polar surface area (TPSA) is 45.5 Å². The lowest BCUT2D eigenvalue weighted by Gasteiger charge is -2.16. The van der Waals surface area contributed by atoms with Crippen molar-refractivity contribution in [3.8, 4) is 22.9 Å². The van der Waals surface area contributed by atoms with Crippen LogP contribution in [0.15, 0.2) is 30.6 Å². The summed E-state index contributed by atoms with van der Waals surface area (Å²) in [6, 6.07) is 6.34. The van der Waals surface area contributed by atoms with Crippen LogP contribution in [0.2, 0.25) is 0 Å². The Balaban J connectivity index is 1.87. The Morgan fingerprint density at radius 1 is 1.35 bits per heavy atom. The standard InChI is InChI=1S/C18H24N2O3/c1-13(2)11-23-16-5-4-14(10-17(16)21-3)18-19-7-8-20(18)15-6-9-22-12-15/h4-5,7-8,10,13,15H,6,9,11-12H2,1-3H3. The summed E-state index contributed by atoms with van der Waals surface area (Å²) < 4.78 is 19.0. The van der Waals surface area contributed by atoms with E-state index in [0.717, 1.165) is 42.5 Å². The highest BCUT2D eigenvalue weighted by atomic mass is 16.5. The van der Waals surface area contributed by atoms with Gasteiger partial charge in [-0.1, -0.05) is 13.8 Å². The Labute approximate surface area is 137 Å². The molecule has 5 nitrogen and oxygen atoms in total. The van der Waals surface area contributed by atoms with Crippen LogP contribution in [-0.4, -0.2) is 36.5 Å². The molecule has 0 saturated carbocycles. The smallest absolute Gasteiger partial charge is 0.161 e. The van der Waals surface area contributed by atoms with Crippen molar-refractivity contribution in [1.29, 1.82) is 0 Å². The minimum Gasteiger partial charge on any atom is -0.493 e. The summed E-state index contributed by atoms with van der Waals surface area (Å²) in [6.45, 7) is 6.48. The fourth-order valence-electron chi connectivity index (χ4n) is 2.76. The van der Waals surface area contributed by atoms with Gasteiger partial charge in [0.05, 0.1) is 26.4 Å². The molecular formula is C18H24N2O3. The van der Waals surface area contributed by atoms with Gasteiger partial charge in [0.2, 0.25) is 0 Å². The van der Waals surface area contributed by atoms with Gasteiger partial charge >= 0.3 is 0 Å². The van der Waals surface area contributed by atoms with Gasteiger partial charge in [-0.15, -0.1) is 0 Å². The lowest BCUT2D eigenvalue weighted by Crippen LogP contribution is -2.09. The van der Waals surface area contributed by atoms with Gasteiger partial charge in [0.25, 0.3) is 0 Å². The first-order valence-corrected chi connectivity index (χ1v) is 8.11. The summed E-state index contributed by atoms with van der Waals surface area (Å²) >= 11 is 0. The average Bonchev–Trinajstić information content (AvgIpc) is 3.23. The van der Waals surface area contributed by atoms with E-state index >= 15 is 0 Å². The van der Waals surface area contributed by atoms with Crippen LogP contribution in [0.5, 0.6) is 11.5 Å². The normalized spacial score (nSPS) is 17.7. The molecule has 0 radical (unpaired) electrons. The quantitative estimate of drug-likeness (QED) is 0.817. The SMILES string of the molecule is COc1cc(-c2nccn2C2CCOC2)ccc1OCC(C)C. The minimum atomic E-state index is 0.357. The largest absolute Gasteiger partial charge is 0.493 e. The Kier molecular flexibility index (Phi) is 4.86. The maximum atomic E-state index is 5.82. The molecule has 1 aromatic carbocycles. The van der Waals surface area contributed by atoms with Crippen molar-refractivity contribution in [3.63, 3.8) is 0 Å². The van der Waals surface area contributed by atoms with Crippen molar-refractivity contribution in [3.05, 3.63) is 30.6 Å². The number of imidazole rings is 1. The number of nitrogens with zero attached hydrogens (tertiary/aromatic N) is 2. The van der Waals surface area contributed by atoms with Gasteiger partial charge in [-0.05, 0) is 30.5 Å². The second kappa shape index (κ2) is 7.04. The molecule has 1 aliphatic rings. The molecule has 5 heteroatoms. The van der Waals surface area contributed by atoms with E-state index in [1.54, 1.807) is 7.11 Å². The van der Waals surface area contributed by atoms with Crippen molar-refractivity contribution in [2.75, 3.05) is 26.9 Å². The van der Waals surface area contributed by atoms with E-state index in [4.69, 9.17) is 14.2 Å². The van der Waals surface area contributed by atoms with E-state index in [1.165, 1.54) is 0 Å². The summed E-state index contributed by atoms with van der Waals surface area (Å²) in [6.07, 6.45) is 4.88. The molecule has 23 heavy (non-hydrogen) atoms. The van der Waals surface area contributed by atoms with Crippen LogP contribution >= 0.6 is 0 Å². The Morgan fingerprint density at radius 3 is 2.91 bits per heavy atom. The van der Waals surface area contributed by atoms with Crippen LogP contribution in [0.1, 0.15) is 26.3 Å². The van der Waals surface area contributed by atoms with Crippen LogP contribution in [-0.2, 0) is 4.74 Å². The van der Waals surface area contributed by atoms with Crippen molar-refractivity contribution in [1.82, 2.24) is 9.55 Å². The third-order valence-corrected chi connectivity index (χ3v) is 3.96. The maximum absolute atomic E-state index is 5.82. The van der Waals surface area contributed by atoms with E-state index in [0.29, 0.717) is 18.6 Å². The molecular weight excluding hydrogens is 292 g/mol. The molecule has 1 atom stereocenters. The molecule has 1 aromatic heterocycles. The molecule has 0 spiro atoms. The number of hydrogen-bond acceptors (Lipinski definition) is 4. The second-order valence-electron chi connectivity index (χ2n) is 6.25. The fourth-order valence-corrected chi connectivity index (χ4v) is 2.76. The number of ether oxygens (including phenoxy) is 3. The third kappa shape index (κ3) is 3.50. The number of benzene rings is 1. The van der Waals surface area contributed by atoms with Gasteiger partial charge in [-0.3, -0.25) is 0 Å². The Morgan fingerprint density at radius 2 is 2.22 bits per heavy atom. The molecule has 1 fully saturated rings. The maximum Gasteiger partial charge on any atom is 0.161 e. The van der Waals surface area contributed by atoms with E-state index < -0.39 is 0 Å². The molecule has 1 unspecified atom stereocenters. The molecule has 2 heterocycles. The van der Waals surface area contributed by atoms with Gasteiger partial charge in [0.15, 0.2) is 11.5 Å². The number of rotatable bonds is 6. The number of methoxy groups -OCH3 is 1. The van der Waals surface area contributed by atoms with Crippen molar-refractivity contribution >= 4 is 0 Å². The van der Waals surface area contributed by atoms with E-state index in [9.17, 15) is 0 Å². The van der Waals surface area contributed by atoms with E-state index in [2.05, 4.69) is 23.4 Å². The van der Waals surface area contributed by atoms with Crippen LogP contribution in [0.4, 0.5) is 0 Å². The van der Waals surface area contributed by atoms with Crippen molar-refractivity contribution < 1.29 is 14.2 Å². The Hall–Kier alpha value is -2.01. The highest BCUT2D eigenvalue weighted by Crippen LogP contribution is 2.34. The highest BCUT2D eigenvalue weighted by molar-refractivity contribution is 5.61. The van der Waals surface area contributed by atoms with Crippen LogP contribution < -0.4 is 9.47 Å². The molecule has 0 bridgehead atoms. The second-order valence-corrected chi connectivity index (χ2v) is 6.25. The molecule has 1 saturated heterocycles. The molecule has 0 N–H and O–H groups in total. The summed E-state index contributed by atoms with van der Waals surface area (Å²) in [5, 5.41) is 0. The zero-order valence-corrected chi connectivity index (χ0v) is 14.0. The fraction of sp³-hybridized carbons (Fsp3) is 0.500. The van der Waals surface area contributed by atoms with Gasteiger partial charge in [0, 0.05) is 24.6 Å². The summed E-state index contributed by atoms with van der Waals surface area (Å²) in [5.41, 5.74) is 1.02. The average molecular weight is 316 g/mol. The van der Waals surface area contributed by atoms with Crippen molar-refractivity contribution in [2.45, 2.75) is 26.3 Å². The Bertz CT molecular complexity index is 645. The zero-order valence-electron chi connectivity index (χ0n) is 14.0. The summed E-state index contributed by atoms with van der Waals surface area (Å²) in [7, 11) is 1.67. The van der Waals surface area contributed by atoms with E-state index in [-0.39, 0.29) is 0 Å². The molecule has 124 valence electrons. The predicted molar refractivity (Wildman–Crippen MR) is 89.0 cm³/mol. The van der Waals surface area contributed by atoms with Crippen molar-refractivity contribution in [2.24, 2.45) is 5.92 Å². The van der Waals surface area contributed by atoms with E-state index in [1.807, 2.05) is 30.6 Å². The first-order valence-electron chi connectivity index (χ1n) is 8.11. The molecule has 3 rings (SSSR count). The van der Waals surface area contributed by atoms with Crippen LogP contribution in [0.25, 0.3) is 11.4 Å². The minimum absolute atomic E-state index is 0.357. The first-order chi connectivity index (χ1) is 11.2. The lowest BCUT2D eigenvalue weighted by atomic mass is 10.1. The number of hydrogen-bond donors (Lipinski definition) is 0. The van der Waals surface area contributed by atoms with Crippen LogP contribution in [0.3, 0.4) is 0 Å². The molecule has 2 aromatic rings. The molecule has 0 amide bonds. The van der Waals surface area contributed by atoms with Gasteiger partial charge in [-0.25, -0.2) is 4.98 Å². The lowest BCUT2D eigenvalue weighted by molar-refractivity contribution is 0.187. The van der Waals surface area contributed by atoms with Gasteiger partial charge in [-0.2, -0.15) is 0 Å². The third-order valence-electron chi connectivity index (χ3n) is 3.96. The molecule has 0 aliphatic carbocycles. The predicted octanol–water partition coefficient (Wildman–Crippen LogP) is 3.55. The van der Waals surface area contributed by atoms with Gasteiger partial charge in [0.1, 0.15) is 5.82 Å².